The third-order valence-corrected chi connectivity index (χ3v) is 3.75. The maximum absolute atomic E-state index is 12.1. The van der Waals surface area contributed by atoms with E-state index >= 15 is 0 Å². The highest BCUT2D eigenvalue weighted by Crippen LogP contribution is 2.20. The number of para-hydroxylation sites is 1. The van der Waals surface area contributed by atoms with Crippen LogP contribution >= 0.6 is 0 Å². The summed E-state index contributed by atoms with van der Waals surface area (Å²) < 4.78 is 5.16. The average molecular weight is 333 g/mol. The Labute approximate surface area is 143 Å². The van der Waals surface area contributed by atoms with Crippen LogP contribution in [0.3, 0.4) is 0 Å². The Kier molecular flexibility index (Phi) is 3.88. The summed E-state index contributed by atoms with van der Waals surface area (Å²) in [6.45, 7) is 0.407. The standard InChI is InChI=1S/C18H15N5O2/c24-18(19-10-15-8-12-4-1-2-7-16(12)21-15)22-14-6-3-5-13(9-14)17-23-20-11-25-17/h1-9,11,21H,10H2,(H2,19,22,24). The number of fused-ring (bicyclic) bond motifs is 1. The number of aromatic amines is 1. The van der Waals surface area contributed by atoms with E-state index in [4.69, 9.17) is 4.42 Å². The van der Waals surface area contributed by atoms with Crippen LogP contribution in [0.25, 0.3) is 22.4 Å². The van der Waals surface area contributed by atoms with Crippen LogP contribution in [0.1, 0.15) is 5.69 Å². The van der Waals surface area contributed by atoms with E-state index < -0.39 is 0 Å². The quantitative estimate of drug-likeness (QED) is 0.532. The minimum absolute atomic E-state index is 0.290. The second-order valence-corrected chi connectivity index (χ2v) is 5.51. The van der Waals surface area contributed by atoms with Crippen LogP contribution in [-0.2, 0) is 6.54 Å². The van der Waals surface area contributed by atoms with Crippen LogP contribution in [0, 0.1) is 0 Å². The monoisotopic (exact) mass is 333 g/mol. The molecule has 7 heteroatoms. The maximum Gasteiger partial charge on any atom is 0.319 e. The van der Waals surface area contributed by atoms with Crippen molar-refractivity contribution in [2.75, 3.05) is 5.32 Å². The number of urea groups is 1. The summed E-state index contributed by atoms with van der Waals surface area (Å²) in [6.07, 6.45) is 1.27. The van der Waals surface area contributed by atoms with Crippen LogP contribution < -0.4 is 10.6 Å². The van der Waals surface area contributed by atoms with Gasteiger partial charge in [-0.15, -0.1) is 10.2 Å². The van der Waals surface area contributed by atoms with Gasteiger partial charge in [-0.2, -0.15) is 0 Å². The molecule has 7 nitrogen and oxygen atoms in total. The minimum atomic E-state index is -0.290. The molecule has 2 aromatic heterocycles. The molecule has 0 radical (unpaired) electrons. The lowest BCUT2D eigenvalue weighted by Crippen LogP contribution is -2.28. The Hall–Kier alpha value is -3.61. The van der Waals surface area contributed by atoms with Crippen molar-refractivity contribution < 1.29 is 9.21 Å². The van der Waals surface area contributed by atoms with Crippen LogP contribution in [0.4, 0.5) is 10.5 Å². The SMILES string of the molecule is O=C(NCc1cc2ccccc2[nH]1)Nc1cccc(-c2nnco2)c1. The van der Waals surface area contributed by atoms with E-state index in [-0.39, 0.29) is 6.03 Å². The van der Waals surface area contributed by atoms with E-state index in [2.05, 4.69) is 25.8 Å². The summed E-state index contributed by atoms with van der Waals surface area (Å²) in [5.41, 5.74) is 3.37. The van der Waals surface area contributed by atoms with Crippen molar-refractivity contribution in [2.45, 2.75) is 6.54 Å². The number of nitrogens with zero attached hydrogens (tertiary/aromatic N) is 2. The van der Waals surface area contributed by atoms with Gasteiger partial charge in [0.05, 0.1) is 6.54 Å². The van der Waals surface area contributed by atoms with Gasteiger partial charge in [0, 0.05) is 22.5 Å². The molecule has 0 saturated carbocycles. The highest BCUT2D eigenvalue weighted by atomic mass is 16.4. The summed E-state index contributed by atoms with van der Waals surface area (Å²) in [4.78, 5) is 15.4. The van der Waals surface area contributed by atoms with Crippen molar-refractivity contribution in [3.63, 3.8) is 0 Å². The van der Waals surface area contributed by atoms with E-state index in [9.17, 15) is 4.79 Å². The molecule has 0 saturated heterocycles. The Morgan fingerprint density at radius 2 is 2.04 bits per heavy atom. The molecule has 0 spiro atoms. The molecular formula is C18H15N5O2. The molecule has 0 fully saturated rings. The second kappa shape index (κ2) is 6.48. The number of anilines is 1. The fourth-order valence-corrected chi connectivity index (χ4v) is 2.61. The predicted octanol–water partition coefficient (Wildman–Crippen LogP) is 3.54. The number of nitrogens with one attached hydrogen (secondary N) is 3. The lowest BCUT2D eigenvalue weighted by atomic mass is 10.2. The molecule has 2 amide bonds. The number of amides is 2. The smallest absolute Gasteiger partial charge is 0.319 e. The van der Waals surface area contributed by atoms with Gasteiger partial charge in [0.25, 0.3) is 0 Å². The zero-order valence-corrected chi connectivity index (χ0v) is 13.2. The molecule has 0 aliphatic rings. The van der Waals surface area contributed by atoms with E-state index in [1.54, 1.807) is 12.1 Å². The van der Waals surface area contributed by atoms with Crippen molar-refractivity contribution >= 4 is 22.6 Å². The normalized spacial score (nSPS) is 10.7. The zero-order valence-electron chi connectivity index (χ0n) is 13.2. The topological polar surface area (TPSA) is 95.8 Å². The molecule has 4 rings (SSSR count). The summed E-state index contributed by atoms with van der Waals surface area (Å²) in [7, 11) is 0. The number of aromatic nitrogens is 3. The largest absolute Gasteiger partial charge is 0.423 e. The third kappa shape index (κ3) is 3.35. The summed E-state index contributed by atoms with van der Waals surface area (Å²) in [6, 6.07) is 16.9. The highest BCUT2D eigenvalue weighted by molar-refractivity contribution is 5.90. The predicted molar refractivity (Wildman–Crippen MR) is 93.9 cm³/mol. The van der Waals surface area contributed by atoms with Crippen LogP contribution in [0.2, 0.25) is 0 Å². The fourth-order valence-electron chi connectivity index (χ4n) is 2.61. The van der Waals surface area contributed by atoms with Crippen molar-refractivity contribution in [3.05, 3.63) is 66.7 Å². The first-order valence-electron chi connectivity index (χ1n) is 7.76. The first-order valence-corrected chi connectivity index (χ1v) is 7.76. The number of carbonyl (C=O) groups excluding carboxylic acids is 1. The molecule has 2 heterocycles. The number of hydrogen-bond donors (Lipinski definition) is 3. The average Bonchev–Trinajstić information content (AvgIpc) is 3.29. The van der Waals surface area contributed by atoms with E-state index in [0.29, 0.717) is 18.1 Å². The molecule has 0 unspecified atom stereocenters. The molecule has 0 aliphatic carbocycles. The van der Waals surface area contributed by atoms with Crippen molar-refractivity contribution in [1.82, 2.24) is 20.5 Å². The Morgan fingerprint density at radius 1 is 1.12 bits per heavy atom. The number of carbonyl (C=O) groups is 1. The van der Waals surface area contributed by atoms with Crippen LogP contribution in [-0.4, -0.2) is 21.2 Å². The number of H-pyrrole nitrogens is 1. The van der Waals surface area contributed by atoms with Crippen molar-refractivity contribution in [2.24, 2.45) is 0 Å². The highest BCUT2D eigenvalue weighted by Gasteiger charge is 2.07. The van der Waals surface area contributed by atoms with E-state index in [1.807, 2.05) is 42.5 Å². The molecule has 0 atom stereocenters. The first-order chi connectivity index (χ1) is 12.3. The molecule has 0 aliphatic heterocycles. The van der Waals surface area contributed by atoms with E-state index in [0.717, 1.165) is 22.2 Å². The molecule has 124 valence electrons. The van der Waals surface area contributed by atoms with Gasteiger partial charge in [0.1, 0.15) is 0 Å². The molecule has 4 aromatic rings. The first kappa shape index (κ1) is 14.9. The Balaban J connectivity index is 1.39. The molecular weight excluding hydrogens is 318 g/mol. The number of rotatable bonds is 4. The van der Waals surface area contributed by atoms with Gasteiger partial charge in [-0.3, -0.25) is 0 Å². The van der Waals surface area contributed by atoms with Gasteiger partial charge in [0.15, 0.2) is 0 Å². The fraction of sp³-hybridized carbons (Fsp3) is 0.0556. The molecule has 3 N–H and O–H groups in total. The molecule has 0 bridgehead atoms. The van der Waals surface area contributed by atoms with Gasteiger partial charge in [0.2, 0.25) is 12.3 Å². The van der Waals surface area contributed by atoms with Crippen LogP contribution in [0.5, 0.6) is 0 Å². The summed E-state index contributed by atoms with van der Waals surface area (Å²) >= 11 is 0. The second-order valence-electron chi connectivity index (χ2n) is 5.51. The van der Waals surface area contributed by atoms with Gasteiger partial charge in [-0.05, 0) is 35.7 Å². The maximum atomic E-state index is 12.1. The van der Waals surface area contributed by atoms with Gasteiger partial charge in [-0.25, -0.2) is 4.79 Å². The lowest BCUT2D eigenvalue weighted by molar-refractivity contribution is 0.251. The summed E-state index contributed by atoms with van der Waals surface area (Å²) in [5.74, 6) is 0.405. The van der Waals surface area contributed by atoms with Crippen molar-refractivity contribution in [1.29, 1.82) is 0 Å². The minimum Gasteiger partial charge on any atom is -0.423 e. The Morgan fingerprint density at radius 3 is 2.88 bits per heavy atom. The van der Waals surface area contributed by atoms with E-state index in [1.165, 1.54) is 6.39 Å². The van der Waals surface area contributed by atoms with Gasteiger partial charge < -0.3 is 20.0 Å². The zero-order chi connectivity index (χ0) is 17.1. The number of hydrogen-bond acceptors (Lipinski definition) is 4. The van der Waals surface area contributed by atoms with Crippen molar-refractivity contribution in [3.8, 4) is 11.5 Å². The van der Waals surface area contributed by atoms with Gasteiger partial charge >= 0.3 is 6.03 Å². The van der Waals surface area contributed by atoms with Gasteiger partial charge in [-0.1, -0.05) is 24.3 Å². The molecule has 25 heavy (non-hydrogen) atoms. The lowest BCUT2D eigenvalue weighted by Gasteiger charge is -2.07. The summed E-state index contributed by atoms with van der Waals surface area (Å²) in [5, 5.41) is 14.2. The van der Waals surface area contributed by atoms with Crippen LogP contribution in [0.15, 0.2) is 65.4 Å². The number of benzene rings is 2. The molecule has 2 aromatic carbocycles. The Bertz CT molecular complexity index is 974. The third-order valence-electron chi connectivity index (χ3n) is 3.75.